The lowest BCUT2D eigenvalue weighted by Gasteiger charge is -2.10. The maximum atomic E-state index is 11.4. The zero-order valence-electron chi connectivity index (χ0n) is 13.6. The number of ether oxygens (including phenoxy) is 2. The molecular formula is C19H23NO3. The van der Waals surface area contributed by atoms with Crippen molar-refractivity contribution < 1.29 is 14.3 Å². The molecule has 0 aliphatic heterocycles. The molecule has 2 rings (SSSR count). The number of benzene rings is 2. The molecule has 23 heavy (non-hydrogen) atoms. The molecule has 0 amide bonds. The highest BCUT2D eigenvalue weighted by Gasteiger charge is 2.05. The van der Waals surface area contributed by atoms with Gasteiger partial charge in [0.1, 0.15) is 12.4 Å². The average Bonchev–Trinajstić information content (AvgIpc) is 2.60. The second kappa shape index (κ2) is 8.34. The SMILES string of the molecule is CCC(N)Cc1ccc(OCc2ccc(C(=O)OC)cc2)cc1. The van der Waals surface area contributed by atoms with Gasteiger partial charge in [-0.2, -0.15) is 0 Å². The van der Waals surface area contributed by atoms with Crippen molar-refractivity contribution in [3.63, 3.8) is 0 Å². The van der Waals surface area contributed by atoms with E-state index in [0.717, 1.165) is 24.2 Å². The van der Waals surface area contributed by atoms with Crippen molar-refractivity contribution in [2.75, 3.05) is 7.11 Å². The van der Waals surface area contributed by atoms with Crippen LogP contribution in [0.1, 0.15) is 34.8 Å². The quantitative estimate of drug-likeness (QED) is 0.796. The van der Waals surface area contributed by atoms with Crippen LogP contribution in [0.5, 0.6) is 5.75 Å². The Morgan fingerprint density at radius 3 is 2.22 bits per heavy atom. The van der Waals surface area contributed by atoms with Gasteiger partial charge in [-0.3, -0.25) is 0 Å². The summed E-state index contributed by atoms with van der Waals surface area (Å²) >= 11 is 0. The van der Waals surface area contributed by atoms with Gasteiger partial charge >= 0.3 is 5.97 Å². The minimum atomic E-state index is -0.335. The lowest BCUT2D eigenvalue weighted by atomic mass is 10.0. The highest BCUT2D eigenvalue weighted by molar-refractivity contribution is 5.89. The smallest absolute Gasteiger partial charge is 0.337 e. The van der Waals surface area contributed by atoms with Crippen LogP contribution < -0.4 is 10.5 Å². The van der Waals surface area contributed by atoms with Crippen LogP contribution >= 0.6 is 0 Å². The highest BCUT2D eigenvalue weighted by atomic mass is 16.5. The van der Waals surface area contributed by atoms with Crippen LogP contribution in [0.25, 0.3) is 0 Å². The van der Waals surface area contributed by atoms with Crippen molar-refractivity contribution in [1.29, 1.82) is 0 Å². The topological polar surface area (TPSA) is 61.5 Å². The predicted octanol–water partition coefficient (Wildman–Crippen LogP) is 3.33. The molecule has 4 nitrogen and oxygen atoms in total. The van der Waals surface area contributed by atoms with Gasteiger partial charge in [0.05, 0.1) is 12.7 Å². The van der Waals surface area contributed by atoms with E-state index in [1.807, 2.05) is 36.4 Å². The molecule has 2 aromatic rings. The fraction of sp³-hybridized carbons (Fsp3) is 0.316. The third-order valence-electron chi connectivity index (χ3n) is 3.73. The molecule has 0 saturated carbocycles. The third-order valence-corrected chi connectivity index (χ3v) is 3.73. The summed E-state index contributed by atoms with van der Waals surface area (Å²) in [6.07, 6.45) is 1.85. The molecule has 0 aromatic heterocycles. The summed E-state index contributed by atoms with van der Waals surface area (Å²) in [6.45, 7) is 2.54. The second-order valence-electron chi connectivity index (χ2n) is 5.49. The minimum Gasteiger partial charge on any atom is -0.489 e. The molecule has 2 aromatic carbocycles. The Bertz CT molecular complexity index is 620. The Labute approximate surface area is 137 Å². The van der Waals surface area contributed by atoms with Gasteiger partial charge in [-0.1, -0.05) is 31.2 Å². The zero-order valence-corrected chi connectivity index (χ0v) is 13.6. The maximum absolute atomic E-state index is 11.4. The number of methoxy groups -OCH3 is 1. The largest absolute Gasteiger partial charge is 0.489 e. The fourth-order valence-corrected chi connectivity index (χ4v) is 2.19. The molecule has 0 fully saturated rings. The summed E-state index contributed by atoms with van der Waals surface area (Å²) in [6, 6.07) is 15.4. The Kier molecular flexibility index (Phi) is 6.18. The molecule has 1 unspecified atom stereocenters. The Balaban J connectivity index is 1.89. The molecule has 122 valence electrons. The third kappa shape index (κ3) is 5.11. The predicted molar refractivity (Wildman–Crippen MR) is 90.5 cm³/mol. The Hall–Kier alpha value is -2.33. The van der Waals surface area contributed by atoms with Crippen molar-refractivity contribution >= 4 is 5.97 Å². The maximum Gasteiger partial charge on any atom is 0.337 e. The fourth-order valence-electron chi connectivity index (χ4n) is 2.19. The van der Waals surface area contributed by atoms with Gasteiger partial charge in [0.25, 0.3) is 0 Å². The minimum absolute atomic E-state index is 0.204. The van der Waals surface area contributed by atoms with Crippen LogP contribution in [0.15, 0.2) is 48.5 Å². The van der Waals surface area contributed by atoms with E-state index in [4.69, 9.17) is 10.5 Å². The second-order valence-corrected chi connectivity index (χ2v) is 5.49. The number of esters is 1. The molecular weight excluding hydrogens is 290 g/mol. The first-order chi connectivity index (χ1) is 11.1. The monoisotopic (exact) mass is 313 g/mol. The normalized spacial score (nSPS) is 11.8. The summed E-state index contributed by atoms with van der Waals surface area (Å²) in [5.41, 5.74) is 8.70. The van der Waals surface area contributed by atoms with Gasteiger partial charge in [-0.15, -0.1) is 0 Å². The lowest BCUT2D eigenvalue weighted by Crippen LogP contribution is -2.21. The van der Waals surface area contributed by atoms with Crippen molar-refractivity contribution in [3.8, 4) is 5.75 Å². The van der Waals surface area contributed by atoms with Crippen LogP contribution in [0.3, 0.4) is 0 Å². The number of carbonyl (C=O) groups is 1. The number of nitrogens with two attached hydrogens (primary N) is 1. The van der Waals surface area contributed by atoms with E-state index in [9.17, 15) is 4.79 Å². The van der Waals surface area contributed by atoms with Crippen LogP contribution in [0.4, 0.5) is 0 Å². The van der Waals surface area contributed by atoms with Crippen LogP contribution in [-0.2, 0) is 17.8 Å². The zero-order chi connectivity index (χ0) is 16.7. The van der Waals surface area contributed by atoms with Crippen molar-refractivity contribution in [2.24, 2.45) is 5.73 Å². The number of hydrogen-bond acceptors (Lipinski definition) is 4. The van der Waals surface area contributed by atoms with Crippen molar-refractivity contribution in [3.05, 3.63) is 65.2 Å². The molecule has 0 radical (unpaired) electrons. The van der Waals surface area contributed by atoms with E-state index in [-0.39, 0.29) is 12.0 Å². The van der Waals surface area contributed by atoms with Gasteiger partial charge in [0.15, 0.2) is 0 Å². The van der Waals surface area contributed by atoms with Gasteiger partial charge in [0.2, 0.25) is 0 Å². The molecule has 0 aliphatic carbocycles. The molecule has 0 aliphatic rings. The Morgan fingerprint density at radius 2 is 1.65 bits per heavy atom. The molecule has 0 saturated heterocycles. The van der Waals surface area contributed by atoms with Gasteiger partial charge in [0, 0.05) is 6.04 Å². The van der Waals surface area contributed by atoms with E-state index < -0.39 is 0 Å². The molecule has 0 spiro atoms. The Morgan fingerprint density at radius 1 is 1.04 bits per heavy atom. The number of carbonyl (C=O) groups excluding carboxylic acids is 1. The van der Waals surface area contributed by atoms with Gasteiger partial charge in [-0.25, -0.2) is 4.79 Å². The summed E-state index contributed by atoms with van der Waals surface area (Å²) in [5.74, 6) is 0.481. The van der Waals surface area contributed by atoms with Crippen molar-refractivity contribution in [1.82, 2.24) is 0 Å². The number of hydrogen-bond donors (Lipinski definition) is 1. The summed E-state index contributed by atoms with van der Waals surface area (Å²) in [7, 11) is 1.37. The molecule has 1 atom stereocenters. The summed E-state index contributed by atoms with van der Waals surface area (Å²) in [4.78, 5) is 11.4. The molecule has 0 bridgehead atoms. The van der Waals surface area contributed by atoms with Crippen molar-refractivity contribution in [2.45, 2.75) is 32.4 Å². The lowest BCUT2D eigenvalue weighted by molar-refractivity contribution is 0.0600. The van der Waals surface area contributed by atoms with E-state index in [2.05, 4.69) is 11.7 Å². The standard InChI is InChI=1S/C19H23NO3/c1-3-17(20)12-14-6-10-18(11-7-14)23-13-15-4-8-16(9-5-15)19(21)22-2/h4-11,17H,3,12-13,20H2,1-2H3. The molecule has 0 heterocycles. The van der Waals surface area contributed by atoms with Crippen LogP contribution in [0.2, 0.25) is 0 Å². The van der Waals surface area contributed by atoms with Crippen LogP contribution in [0, 0.1) is 0 Å². The van der Waals surface area contributed by atoms with E-state index in [1.165, 1.54) is 12.7 Å². The first-order valence-electron chi connectivity index (χ1n) is 7.77. The molecule has 4 heteroatoms. The van der Waals surface area contributed by atoms with Gasteiger partial charge in [-0.05, 0) is 48.2 Å². The van der Waals surface area contributed by atoms with E-state index >= 15 is 0 Å². The summed E-state index contributed by atoms with van der Waals surface area (Å²) < 4.78 is 10.4. The molecule has 2 N–H and O–H groups in total. The number of rotatable bonds is 7. The van der Waals surface area contributed by atoms with Gasteiger partial charge < -0.3 is 15.2 Å². The average molecular weight is 313 g/mol. The van der Waals surface area contributed by atoms with E-state index in [1.54, 1.807) is 12.1 Å². The first kappa shape index (κ1) is 17.0. The first-order valence-corrected chi connectivity index (χ1v) is 7.77. The van der Waals surface area contributed by atoms with E-state index in [0.29, 0.717) is 12.2 Å². The van der Waals surface area contributed by atoms with Crippen LogP contribution in [-0.4, -0.2) is 19.1 Å². The summed E-state index contributed by atoms with van der Waals surface area (Å²) in [5, 5.41) is 0. The highest BCUT2D eigenvalue weighted by Crippen LogP contribution is 2.16.